The highest BCUT2D eigenvalue weighted by Gasteiger charge is 2.45. The molecule has 5 rings (SSSR count). The first-order chi connectivity index (χ1) is 14.3. The van der Waals surface area contributed by atoms with Gasteiger partial charge in [-0.05, 0) is 49.7 Å². The van der Waals surface area contributed by atoms with Crippen LogP contribution in [-0.4, -0.2) is 10.9 Å². The normalized spacial score (nSPS) is 15.8. The number of hydrogen-bond donors (Lipinski definition) is 0. The van der Waals surface area contributed by atoms with Crippen LogP contribution in [0.2, 0.25) is 0 Å². The zero-order valence-corrected chi connectivity index (χ0v) is 16.7. The number of aromatic nitrogens is 1. The van der Waals surface area contributed by atoms with Gasteiger partial charge >= 0.3 is 0 Å². The number of fused-ring (bicyclic) bond motifs is 2. The maximum atomic E-state index is 14.0. The molecule has 1 aliphatic rings. The fourth-order valence-corrected chi connectivity index (χ4v) is 4.63. The van der Waals surface area contributed by atoms with E-state index in [2.05, 4.69) is 4.98 Å². The van der Waals surface area contributed by atoms with Gasteiger partial charge in [0.25, 0.3) is 5.91 Å². The number of carbonyl (C=O) groups is 1. The molecule has 1 atom stereocenters. The molecule has 2 aromatic heterocycles. The number of nitrogens with zero attached hydrogens (tertiary/aromatic N) is 2. The summed E-state index contributed by atoms with van der Waals surface area (Å²) < 4.78 is 33.6. The van der Waals surface area contributed by atoms with E-state index in [9.17, 15) is 18.4 Å². The fraction of sp³-hybridized carbons (Fsp3) is 0.136. The van der Waals surface area contributed by atoms with Gasteiger partial charge in [0.1, 0.15) is 17.2 Å². The fourth-order valence-electron chi connectivity index (χ4n) is 3.69. The average molecular weight is 424 g/mol. The zero-order chi connectivity index (χ0) is 21.2. The van der Waals surface area contributed by atoms with Crippen molar-refractivity contribution in [3.05, 3.63) is 91.8 Å². The number of halogens is 2. The summed E-state index contributed by atoms with van der Waals surface area (Å²) in [5, 5.41) is 0.404. The van der Waals surface area contributed by atoms with Crippen LogP contribution >= 0.6 is 11.3 Å². The van der Waals surface area contributed by atoms with Gasteiger partial charge in [-0.3, -0.25) is 14.5 Å². The number of anilines is 1. The summed E-state index contributed by atoms with van der Waals surface area (Å²) in [5.41, 5.74) is 0.786. The molecule has 0 N–H and O–H groups in total. The smallest absolute Gasteiger partial charge is 0.297 e. The van der Waals surface area contributed by atoms with Crippen molar-refractivity contribution in [3.8, 4) is 0 Å². The molecule has 0 fully saturated rings. The van der Waals surface area contributed by atoms with E-state index in [1.165, 1.54) is 40.5 Å². The minimum atomic E-state index is -0.933. The van der Waals surface area contributed by atoms with Gasteiger partial charge in [0.15, 0.2) is 10.6 Å². The number of amides is 1. The number of benzene rings is 2. The zero-order valence-electron chi connectivity index (χ0n) is 15.9. The molecular formula is C22H14F2N2O3S. The van der Waals surface area contributed by atoms with Crippen molar-refractivity contribution in [1.82, 2.24) is 4.98 Å². The lowest BCUT2D eigenvalue weighted by atomic mass is 9.98. The maximum absolute atomic E-state index is 14.0. The Morgan fingerprint density at radius 1 is 1.07 bits per heavy atom. The van der Waals surface area contributed by atoms with Crippen molar-refractivity contribution in [2.24, 2.45) is 0 Å². The van der Waals surface area contributed by atoms with Gasteiger partial charge in [0.2, 0.25) is 5.76 Å². The van der Waals surface area contributed by atoms with Crippen LogP contribution in [0.25, 0.3) is 11.0 Å². The summed E-state index contributed by atoms with van der Waals surface area (Å²) in [6, 6.07) is 8.30. The molecule has 1 unspecified atom stereocenters. The standard InChI is InChI=1S/C22H14F2N2O3S/c1-10-11(2)30-22(25-10)26-18(12-4-3-5-13(23)8-12)17-19(27)15-9-14(24)6-7-16(15)29-20(17)21(26)28/h3-9,18H,1-2H3. The first kappa shape index (κ1) is 18.6. The van der Waals surface area contributed by atoms with E-state index in [1.54, 1.807) is 6.07 Å². The van der Waals surface area contributed by atoms with Crippen molar-refractivity contribution in [1.29, 1.82) is 0 Å². The second-order valence-corrected chi connectivity index (χ2v) is 8.27. The molecule has 150 valence electrons. The Morgan fingerprint density at radius 2 is 1.83 bits per heavy atom. The molecule has 0 spiro atoms. The van der Waals surface area contributed by atoms with Crippen molar-refractivity contribution in [2.75, 3.05) is 4.90 Å². The molecule has 1 amide bonds. The Balaban J connectivity index is 1.84. The monoisotopic (exact) mass is 424 g/mol. The van der Waals surface area contributed by atoms with Crippen molar-refractivity contribution in [3.63, 3.8) is 0 Å². The Kier molecular flexibility index (Phi) is 4.08. The number of rotatable bonds is 2. The van der Waals surface area contributed by atoms with E-state index in [4.69, 9.17) is 4.42 Å². The van der Waals surface area contributed by atoms with Crippen LogP contribution < -0.4 is 10.3 Å². The Labute approximate surface area is 173 Å². The van der Waals surface area contributed by atoms with E-state index in [-0.39, 0.29) is 22.3 Å². The third-order valence-electron chi connectivity index (χ3n) is 5.22. The molecular weight excluding hydrogens is 410 g/mol. The minimum absolute atomic E-state index is 0.0244. The Morgan fingerprint density at radius 3 is 2.53 bits per heavy atom. The van der Waals surface area contributed by atoms with Crippen LogP contribution in [0.3, 0.4) is 0 Å². The highest BCUT2D eigenvalue weighted by atomic mass is 32.1. The summed E-state index contributed by atoms with van der Waals surface area (Å²) in [6.45, 7) is 3.70. The Bertz CT molecular complexity index is 1390. The van der Waals surface area contributed by atoms with E-state index < -0.39 is 29.0 Å². The summed E-state index contributed by atoms with van der Waals surface area (Å²) in [4.78, 5) is 33.4. The van der Waals surface area contributed by atoms with Crippen LogP contribution in [-0.2, 0) is 0 Å². The van der Waals surface area contributed by atoms with Crippen LogP contribution in [0.5, 0.6) is 0 Å². The number of thiazole rings is 1. The number of hydrogen-bond acceptors (Lipinski definition) is 5. The van der Waals surface area contributed by atoms with Crippen LogP contribution in [0.15, 0.2) is 51.7 Å². The first-order valence-electron chi connectivity index (χ1n) is 9.14. The molecule has 2 aromatic carbocycles. The third kappa shape index (κ3) is 2.68. The molecule has 4 aromatic rings. The van der Waals surface area contributed by atoms with Crippen LogP contribution in [0, 0.1) is 25.5 Å². The lowest BCUT2D eigenvalue weighted by molar-refractivity contribution is 0.0971. The van der Waals surface area contributed by atoms with Crippen LogP contribution in [0.4, 0.5) is 13.9 Å². The van der Waals surface area contributed by atoms with Gasteiger partial charge in [-0.1, -0.05) is 12.1 Å². The van der Waals surface area contributed by atoms with Gasteiger partial charge < -0.3 is 4.42 Å². The van der Waals surface area contributed by atoms with Gasteiger partial charge in [-0.2, -0.15) is 0 Å². The lowest BCUT2D eigenvalue weighted by Gasteiger charge is -2.22. The molecule has 3 heterocycles. The topological polar surface area (TPSA) is 63.4 Å². The van der Waals surface area contributed by atoms with Crippen LogP contribution in [0.1, 0.15) is 38.3 Å². The van der Waals surface area contributed by atoms with Gasteiger partial charge in [-0.15, -0.1) is 11.3 Å². The average Bonchev–Trinajstić information content (AvgIpc) is 3.19. The first-order valence-corrected chi connectivity index (χ1v) is 9.96. The van der Waals surface area contributed by atoms with E-state index in [0.29, 0.717) is 10.7 Å². The highest BCUT2D eigenvalue weighted by Crippen LogP contribution is 2.43. The molecule has 5 nitrogen and oxygen atoms in total. The lowest BCUT2D eigenvalue weighted by Crippen LogP contribution is -2.29. The van der Waals surface area contributed by atoms with Gasteiger partial charge in [0, 0.05) is 4.88 Å². The van der Waals surface area contributed by atoms with Crippen molar-refractivity contribution in [2.45, 2.75) is 19.9 Å². The maximum Gasteiger partial charge on any atom is 0.297 e. The summed E-state index contributed by atoms with van der Waals surface area (Å²) >= 11 is 1.30. The molecule has 0 saturated carbocycles. The predicted octanol–water partition coefficient (Wildman–Crippen LogP) is 4.89. The van der Waals surface area contributed by atoms with E-state index in [1.807, 2.05) is 13.8 Å². The summed E-state index contributed by atoms with van der Waals surface area (Å²) in [7, 11) is 0. The van der Waals surface area contributed by atoms with Gasteiger partial charge in [-0.25, -0.2) is 13.8 Å². The second-order valence-electron chi connectivity index (χ2n) is 7.09. The molecule has 30 heavy (non-hydrogen) atoms. The summed E-state index contributed by atoms with van der Waals surface area (Å²) in [5.74, 6) is -1.78. The molecule has 1 aliphatic heterocycles. The molecule has 0 radical (unpaired) electrons. The van der Waals surface area contributed by atoms with Crippen molar-refractivity contribution >= 4 is 33.3 Å². The number of aryl methyl sites for hydroxylation is 2. The second kappa shape index (κ2) is 6.56. The van der Waals surface area contributed by atoms with Crippen molar-refractivity contribution < 1.29 is 18.0 Å². The molecule has 0 saturated heterocycles. The van der Waals surface area contributed by atoms with E-state index in [0.717, 1.165) is 22.7 Å². The SMILES string of the molecule is Cc1nc(N2C(=O)c3oc4ccc(F)cc4c(=O)c3C2c2cccc(F)c2)sc1C. The Hall–Kier alpha value is -3.39. The molecule has 8 heteroatoms. The minimum Gasteiger partial charge on any atom is -0.450 e. The molecule has 0 aliphatic carbocycles. The predicted molar refractivity (Wildman–Crippen MR) is 109 cm³/mol. The highest BCUT2D eigenvalue weighted by molar-refractivity contribution is 7.15. The van der Waals surface area contributed by atoms with Gasteiger partial charge in [0.05, 0.1) is 22.7 Å². The quantitative estimate of drug-likeness (QED) is 0.459. The third-order valence-corrected chi connectivity index (χ3v) is 6.29. The molecule has 0 bridgehead atoms. The largest absolute Gasteiger partial charge is 0.450 e. The summed E-state index contributed by atoms with van der Waals surface area (Å²) in [6.07, 6.45) is 0. The van der Waals surface area contributed by atoms with E-state index >= 15 is 0 Å². The number of carbonyl (C=O) groups excluding carboxylic acids is 1.